The van der Waals surface area contributed by atoms with E-state index in [9.17, 15) is 4.79 Å². The molecule has 2 aliphatic rings. The lowest BCUT2D eigenvalue weighted by molar-refractivity contribution is -0.136. The van der Waals surface area contributed by atoms with Crippen LogP contribution in [0.15, 0.2) is 23.3 Å². The Morgan fingerprint density at radius 1 is 1.35 bits per heavy atom. The first-order chi connectivity index (χ1) is 9.69. The van der Waals surface area contributed by atoms with Crippen LogP contribution in [0.2, 0.25) is 0 Å². The minimum Gasteiger partial charge on any atom is -0.466 e. The summed E-state index contributed by atoms with van der Waals surface area (Å²) < 4.78 is 10.8. The first-order valence-corrected chi connectivity index (χ1v) is 7.78. The van der Waals surface area contributed by atoms with Gasteiger partial charge in [-0.15, -0.1) is 0 Å². The molecule has 3 heteroatoms. The molecule has 20 heavy (non-hydrogen) atoms. The molecule has 0 spiro atoms. The van der Waals surface area contributed by atoms with Crippen LogP contribution in [0.1, 0.15) is 51.9 Å². The Labute approximate surface area is 122 Å². The van der Waals surface area contributed by atoms with E-state index in [1.165, 1.54) is 39.2 Å². The van der Waals surface area contributed by atoms with Gasteiger partial charge in [0.25, 0.3) is 0 Å². The number of esters is 1. The number of hydrogen-bond donors (Lipinski definition) is 0. The van der Waals surface area contributed by atoms with Gasteiger partial charge in [-0.25, -0.2) is 4.79 Å². The summed E-state index contributed by atoms with van der Waals surface area (Å²) in [5.41, 5.74) is 3.04. The number of rotatable bonds is 7. The molecule has 0 unspecified atom stereocenters. The zero-order chi connectivity index (χ0) is 14.5. The molecule has 0 aromatic rings. The van der Waals surface area contributed by atoms with Crippen molar-refractivity contribution in [2.75, 3.05) is 13.7 Å². The highest BCUT2D eigenvalue weighted by Crippen LogP contribution is 2.45. The fraction of sp³-hybridized carbons (Fsp3) is 0.706. The van der Waals surface area contributed by atoms with Crippen LogP contribution in [0.4, 0.5) is 0 Å². The summed E-state index contributed by atoms with van der Waals surface area (Å²) in [5.74, 6) is 0.0473. The zero-order valence-electron chi connectivity index (χ0n) is 12.7. The van der Waals surface area contributed by atoms with Gasteiger partial charge >= 0.3 is 5.97 Å². The van der Waals surface area contributed by atoms with E-state index >= 15 is 0 Å². The van der Waals surface area contributed by atoms with Gasteiger partial charge in [-0.1, -0.05) is 51.2 Å². The van der Waals surface area contributed by atoms with Crippen molar-refractivity contribution in [3.05, 3.63) is 23.3 Å². The highest BCUT2D eigenvalue weighted by Gasteiger charge is 2.42. The summed E-state index contributed by atoms with van der Waals surface area (Å²) in [6.07, 6.45) is 8.35. The van der Waals surface area contributed by atoms with E-state index in [0.29, 0.717) is 13.0 Å². The second kappa shape index (κ2) is 7.07. The lowest BCUT2D eigenvalue weighted by atomic mass is 9.91. The van der Waals surface area contributed by atoms with Crippen LogP contribution in [0.5, 0.6) is 0 Å². The second-order valence-corrected chi connectivity index (χ2v) is 5.86. The second-order valence-electron chi connectivity index (χ2n) is 5.86. The van der Waals surface area contributed by atoms with E-state index in [4.69, 9.17) is 9.47 Å². The standard InChI is InChI=1S/C17H26O3/c1-4-5-6-7-8-9-15-16-12(2)10-13(17(18)19-3)14(16)11-20-15/h15-16H,2,4-11H2,1,3H3/t15-,16-/m0/s1. The third kappa shape index (κ3) is 3.14. The summed E-state index contributed by atoms with van der Waals surface area (Å²) >= 11 is 0. The van der Waals surface area contributed by atoms with Gasteiger partial charge in [0.1, 0.15) is 0 Å². The van der Waals surface area contributed by atoms with Crippen LogP contribution in [0.25, 0.3) is 0 Å². The van der Waals surface area contributed by atoms with Crippen LogP contribution in [-0.4, -0.2) is 25.8 Å². The van der Waals surface area contributed by atoms with Crippen molar-refractivity contribution < 1.29 is 14.3 Å². The number of ether oxygens (including phenoxy) is 2. The maximum atomic E-state index is 11.8. The Bertz CT molecular complexity index is 408. The number of hydrogen-bond acceptors (Lipinski definition) is 3. The Balaban J connectivity index is 1.91. The maximum Gasteiger partial charge on any atom is 0.334 e. The lowest BCUT2D eigenvalue weighted by Crippen LogP contribution is -2.16. The van der Waals surface area contributed by atoms with Crippen LogP contribution >= 0.6 is 0 Å². The monoisotopic (exact) mass is 278 g/mol. The summed E-state index contributed by atoms with van der Waals surface area (Å²) in [6.45, 7) is 6.95. The number of carbonyl (C=O) groups excluding carboxylic acids is 1. The normalized spacial score (nSPS) is 25.2. The van der Waals surface area contributed by atoms with E-state index in [2.05, 4.69) is 13.5 Å². The molecular formula is C17H26O3. The molecular weight excluding hydrogens is 252 g/mol. The predicted octanol–water partition coefficient (Wildman–Crippen LogP) is 3.79. The molecule has 0 saturated carbocycles. The van der Waals surface area contributed by atoms with Crippen molar-refractivity contribution in [1.82, 2.24) is 0 Å². The fourth-order valence-electron chi connectivity index (χ4n) is 3.37. The van der Waals surface area contributed by atoms with Gasteiger partial charge in [-0.05, 0) is 12.0 Å². The topological polar surface area (TPSA) is 35.5 Å². The van der Waals surface area contributed by atoms with Gasteiger partial charge in [0, 0.05) is 17.9 Å². The molecule has 0 aromatic carbocycles. The van der Waals surface area contributed by atoms with Crippen molar-refractivity contribution in [2.45, 2.75) is 58.0 Å². The highest BCUT2D eigenvalue weighted by atomic mass is 16.5. The van der Waals surface area contributed by atoms with Crippen LogP contribution in [0.3, 0.4) is 0 Å². The quantitative estimate of drug-likeness (QED) is 0.404. The Hall–Kier alpha value is -1.09. The summed E-state index contributed by atoms with van der Waals surface area (Å²) in [6, 6.07) is 0. The van der Waals surface area contributed by atoms with E-state index in [1.807, 2.05) is 0 Å². The fourth-order valence-corrected chi connectivity index (χ4v) is 3.37. The molecule has 1 aliphatic heterocycles. The molecule has 0 radical (unpaired) electrons. The van der Waals surface area contributed by atoms with Crippen LogP contribution < -0.4 is 0 Å². The van der Waals surface area contributed by atoms with Crippen molar-refractivity contribution in [3.63, 3.8) is 0 Å². The van der Waals surface area contributed by atoms with Crippen LogP contribution in [-0.2, 0) is 14.3 Å². The molecule has 0 N–H and O–H groups in total. The zero-order valence-corrected chi connectivity index (χ0v) is 12.7. The number of fused-ring (bicyclic) bond motifs is 1. The van der Waals surface area contributed by atoms with Crippen molar-refractivity contribution in [2.24, 2.45) is 5.92 Å². The van der Waals surface area contributed by atoms with Gasteiger partial charge in [0.2, 0.25) is 0 Å². The van der Waals surface area contributed by atoms with Crippen LogP contribution in [0, 0.1) is 5.92 Å². The number of unbranched alkanes of at least 4 members (excludes halogenated alkanes) is 4. The summed E-state index contributed by atoms with van der Waals surface area (Å²) in [5, 5.41) is 0. The summed E-state index contributed by atoms with van der Waals surface area (Å²) in [7, 11) is 1.44. The molecule has 2 atom stereocenters. The van der Waals surface area contributed by atoms with E-state index in [1.54, 1.807) is 0 Å². The first kappa shape index (κ1) is 15.3. The predicted molar refractivity (Wildman–Crippen MR) is 79.4 cm³/mol. The van der Waals surface area contributed by atoms with E-state index < -0.39 is 0 Å². The minimum atomic E-state index is -0.212. The van der Waals surface area contributed by atoms with E-state index in [-0.39, 0.29) is 18.0 Å². The molecule has 1 fully saturated rings. The molecule has 1 aliphatic carbocycles. The van der Waals surface area contributed by atoms with Crippen molar-refractivity contribution in [3.8, 4) is 0 Å². The summed E-state index contributed by atoms with van der Waals surface area (Å²) in [4.78, 5) is 11.8. The highest BCUT2D eigenvalue weighted by molar-refractivity contribution is 5.91. The Morgan fingerprint density at radius 3 is 2.80 bits per heavy atom. The maximum absolute atomic E-state index is 11.8. The number of carbonyl (C=O) groups is 1. The largest absolute Gasteiger partial charge is 0.466 e. The Kier molecular flexibility index (Phi) is 5.41. The average molecular weight is 278 g/mol. The smallest absolute Gasteiger partial charge is 0.334 e. The van der Waals surface area contributed by atoms with Gasteiger partial charge in [0.05, 0.1) is 19.8 Å². The van der Waals surface area contributed by atoms with Crippen molar-refractivity contribution in [1.29, 1.82) is 0 Å². The van der Waals surface area contributed by atoms with Gasteiger partial charge in [-0.2, -0.15) is 0 Å². The van der Waals surface area contributed by atoms with E-state index in [0.717, 1.165) is 23.1 Å². The van der Waals surface area contributed by atoms with Crippen molar-refractivity contribution >= 4 is 5.97 Å². The third-order valence-corrected chi connectivity index (χ3v) is 4.46. The molecule has 0 amide bonds. The molecule has 2 rings (SSSR count). The molecule has 0 aromatic heterocycles. The molecule has 112 valence electrons. The molecule has 1 saturated heterocycles. The van der Waals surface area contributed by atoms with Gasteiger partial charge in [-0.3, -0.25) is 0 Å². The molecule has 3 nitrogen and oxygen atoms in total. The Morgan fingerprint density at radius 2 is 2.10 bits per heavy atom. The average Bonchev–Trinajstić information content (AvgIpc) is 3.00. The van der Waals surface area contributed by atoms with Gasteiger partial charge in [0.15, 0.2) is 0 Å². The lowest BCUT2D eigenvalue weighted by Gasteiger charge is -2.17. The minimum absolute atomic E-state index is 0.212. The first-order valence-electron chi connectivity index (χ1n) is 7.78. The molecule has 0 bridgehead atoms. The SMILES string of the molecule is C=C1CC(C(=O)OC)=C2CO[C@@H](CCCCCCC)[C@@H]12. The molecule has 1 heterocycles. The number of methoxy groups -OCH3 is 1. The third-order valence-electron chi connectivity index (χ3n) is 4.46. The van der Waals surface area contributed by atoms with Gasteiger partial charge < -0.3 is 9.47 Å².